The molecule has 1 heterocycles. The fourth-order valence-electron chi connectivity index (χ4n) is 2.84. The fourth-order valence-corrected chi connectivity index (χ4v) is 3.78. The molecule has 1 aromatic heterocycles. The SMILES string of the molecule is CC(=O)c1c(C)nsc1NC(C)C1CCCCC1. The zero-order valence-corrected chi connectivity index (χ0v) is 12.3. The van der Waals surface area contributed by atoms with Gasteiger partial charge in [-0.05, 0) is 51.1 Å². The largest absolute Gasteiger partial charge is 0.372 e. The average molecular weight is 266 g/mol. The van der Waals surface area contributed by atoms with Gasteiger partial charge in [-0.25, -0.2) is 0 Å². The van der Waals surface area contributed by atoms with Crippen molar-refractivity contribution < 1.29 is 4.79 Å². The van der Waals surface area contributed by atoms with Crippen molar-refractivity contribution in [2.75, 3.05) is 5.32 Å². The Balaban J connectivity index is 2.06. The summed E-state index contributed by atoms with van der Waals surface area (Å²) in [6.45, 7) is 5.76. The zero-order chi connectivity index (χ0) is 13.1. The molecule has 100 valence electrons. The first-order valence-electron chi connectivity index (χ1n) is 6.83. The van der Waals surface area contributed by atoms with Crippen molar-refractivity contribution >= 4 is 22.3 Å². The summed E-state index contributed by atoms with van der Waals surface area (Å²) in [4.78, 5) is 11.6. The summed E-state index contributed by atoms with van der Waals surface area (Å²) in [5.41, 5.74) is 1.63. The van der Waals surface area contributed by atoms with Crippen LogP contribution in [0.2, 0.25) is 0 Å². The Morgan fingerprint density at radius 1 is 1.39 bits per heavy atom. The second-order valence-electron chi connectivity index (χ2n) is 5.36. The number of carbonyl (C=O) groups excluding carboxylic acids is 1. The van der Waals surface area contributed by atoms with E-state index in [0.717, 1.165) is 22.2 Å². The van der Waals surface area contributed by atoms with Crippen molar-refractivity contribution in [1.29, 1.82) is 0 Å². The minimum absolute atomic E-state index is 0.111. The molecule has 0 amide bonds. The van der Waals surface area contributed by atoms with E-state index in [-0.39, 0.29) is 5.78 Å². The average Bonchev–Trinajstić information content (AvgIpc) is 2.71. The van der Waals surface area contributed by atoms with E-state index in [9.17, 15) is 4.79 Å². The molecular formula is C14H22N2OS. The van der Waals surface area contributed by atoms with Crippen LogP contribution in [-0.4, -0.2) is 16.2 Å². The Labute approximate surface area is 113 Å². The van der Waals surface area contributed by atoms with Gasteiger partial charge in [0.1, 0.15) is 5.00 Å². The molecular weight excluding hydrogens is 244 g/mol. The highest BCUT2D eigenvalue weighted by Gasteiger charge is 2.22. The minimum atomic E-state index is 0.111. The number of nitrogens with zero attached hydrogens (tertiary/aromatic N) is 1. The van der Waals surface area contributed by atoms with Crippen LogP contribution in [0.4, 0.5) is 5.00 Å². The van der Waals surface area contributed by atoms with Crippen molar-refractivity contribution in [3.63, 3.8) is 0 Å². The number of anilines is 1. The van der Waals surface area contributed by atoms with E-state index in [1.807, 2.05) is 6.92 Å². The molecule has 1 unspecified atom stereocenters. The van der Waals surface area contributed by atoms with E-state index in [2.05, 4.69) is 16.6 Å². The highest BCUT2D eigenvalue weighted by atomic mass is 32.1. The van der Waals surface area contributed by atoms with E-state index < -0.39 is 0 Å². The van der Waals surface area contributed by atoms with Crippen LogP contribution in [0.1, 0.15) is 62.0 Å². The molecule has 4 heteroatoms. The van der Waals surface area contributed by atoms with Gasteiger partial charge in [-0.2, -0.15) is 4.37 Å². The number of rotatable bonds is 4. The number of aromatic nitrogens is 1. The lowest BCUT2D eigenvalue weighted by Crippen LogP contribution is -2.27. The van der Waals surface area contributed by atoms with Gasteiger partial charge in [0.15, 0.2) is 5.78 Å². The van der Waals surface area contributed by atoms with Gasteiger partial charge in [0.2, 0.25) is 0 Å². The third kappa shape index (κ3) is 2.91. The molecule has 0 aliphatic heterocycles. The predicted molar refractivity (Wildman–Crippen MR) is 76.5 cm³/mol. The Hall–Kier alpha value is -0.900. The highest BCUT2D eigenvalue weighted by Crippen LogP contribution is 2.31. The third-order valence-corrected chi connectivity index (χ3v) is 4.80. The molecule has 18 heavy (non-hydrogen) atoms. The second-order valence-corrected chi connectivity index (χ2v) is 6.13. The van der Waals surface area contributed by atoms with Gasteiger partial charge in [0.05, 0.1) is 11.3 Å². The summed E-state index contributed by atoms with van der Waals surface area (Å²) >= 11 is 1.41. The van der Waals surface area contributed by atoms with E-state index >= 15 is 0 Å². The molecule has 0 bridgehead atoms. The highest BCUT2D eigenvalue weighted by molar-refractivity contribution is 7.10. The van der Waals surface area contributed by atoms with Crippen LogP contribution in [0.15, 0.2) is 0 Å². The smallest absolute Gasteiger partial charge is 0.164 e. The van der Waals surface area contributed by atoms with Gasteiger partial charge >= 0.3 is 0 Å². The van der Waals surface area contributed by atoms with Crippen molar-refractivity contribution in [3.05, 3.63) is 11.3 Å². The summed E-state index contributed by atoms with van der Waals surface area (Å²) in [5, 5.41) is 4.47. The lowest BCUT2D eigenvalue weighted by molar-refractivity contribution is 0.101. The van der Waals surface area contributed by atoms with Crippen LogP contribution in [0.3, 0.4) is 0 Å². The van der Waals surface area contributed by atoms with Crippen molar-refractivity contribution in [2.45, 2.75) is 58.9 Å². The Bertz CT molecular complexity index is 421. The maximum absolute atomic E-state index is 11.6. The van der Waals surface area contributed by atoms with Crippen molar-refractivity contribution in [3.8, 4) is 0 Å². The van der Waals surface area contributed by atoms with Gasteiger partial charge in [0, 0.05) is 6.04 Å². The van der Waals surface area contributed by atoms with Crippen molar-refractivity contribution in [1.82, 2.24) is 4.37 Å². The number of Topliss-reactive ketones (excluding diaryl/α,β-unsaturated/α-hetero) is 1. The molecule has 2 rings (SSSR count). The van der Waals surface area contributed by atoms with Gasteiger partial charge < -0.3 is 5.32 Å². The maximum Gasteiger partial charge on any atom is 0.164 e. The third-order valence-electron chi connectivity index (χ3n) is 3.93. The zero-order valence-electron chi connectivity index (χ0n) is 11.5. The number of carbonyl (C=O) groups is 1. The van der Waals surface area contributed by atoms with E-state index in [1.165, 1.54) is 43.6 Å². The number of nitrogens with one attached hydrogen (secondary N) is 1. The number of aryl methyl sites for hydroxylation is 1. The number of hydrogen-bond donors (Lipinski definition) is 1. The van der Waals surface area contributed by atoms with Gasteiger partial charge in [0.25, 0.3) is 0 Å². The Morgan fingerprint density at radius 3 is 2.67 bits per heavy atom. The lowest BCUT2D eigenvalue weighted by atomic mass is 9.84. The van der Waals surface area contributed by atoms with Crippen LogP contribution < -0.4 is 5.32 Å². The molecule has 0 spiro atoms. The monoisotopic (exact) mass is 266 g/mol. The van der Waals surface area contributed by atoms with E-state index in [1.54, 1.807) is 6.92 Å². The molecule has 0 aromatic carbocycles. The number of ketones is 1. The summed E-state index contributed by atoms with van der Waals surface area (Å²) in [6, 6.07) is 0.434. The van der Waals surface area contributed by atoms with Crippen LogP contribution in [0, 0.1) is 12.8 Å². The first-order chi connectivity index (χ1) is 8.59. The molecule has 1 saturated carbocycles. The minimum Gasteiger partial charge on any atom is -0.372 e. The van der Waals surface area contributed by atoms with E-state index in [4.69, 9.17) is 0 Å². The Morgan fingerprint density at radius 2 is 2.06 bits per heavy atom. The quantitative estimate of drug-likeness (QED) is 0.836. The molecule has 1 atom stereocenters. The molecule has 1 fully saturated rings. The summed E-state index contributed by atoms with van der Waals surface area (Å²) in [5.74, 6) is 0.848. The summed E-state index contributed by atoms with van der Waals surface area (Å²) in [6.07, 6.45) is 6.68. The first kappa shape index (κ1) is 13.5. The van der Waals surface area contributed by atoms with Crippen molar-refractivity contribution in [2.24, 2.45) is 5.92 Å². The van der Waals surface area contributed by atoms with Crippen LogP contribution in [0.5, 0.6) is 0 Å². The van der Waals surface area contributed by atoms with Crippen LogP contribution >= 0.6 is 11.5 Å². The predicted octanol–water partition coefficient (Wildman–Crippen LogP) is 4.03. The fraction of sp³-hybridized carbons (Fsp3) is 0.714. The van der Waals surface area contributed by atoms with E-state index in [0.29, 0.717) is 6.04 Å². The molecule has 1 aliphatic rings. The van der Waals surface area contributed by atoms with Gasteiger partial charge in [-0.15, -0.1) is 0 Å². The van der Waals surface area contributed by atoms with Crippen LogP contribution in [0.25, 0.3) is 0 Å². The number of hydrogen-bond acceptors (Lipinski definition) is 4. The topological polar surface area (TPSA) is 42.0 Å². The lowest BCUT2D eigenvalue weighted by Gasteiger charge is -2.28. The second kappa shape index (κ2) is 5.83. The normalized spacial score (nSPS) is 18.6. The van der Waals surface area contributed by atoms with Crippen LogP contribution in [-0.2, 0) is 0 Å². The first-order valence-corrected chi connectivity index (χ1v) is 7.60. The molecule has 1 aromatic rings. The molecule has 0 saturated heterocycles. The summed E-state index contributed by atoms with van der Waals surface area (Å²) < 4.78 is 4.29. The van der Waals surface area contributed by atoms with Gasteiger partial charge in [-0.3, -0.25) is 4.79 Å². The molecule has 1 N–H and O–H groups in total. The Kier molecular flexibility index (Phi) is 4.38. The molecule has 3 nitrogen and oxygen atoms in total. The molecule has 0 radical (unpaired) electrons. The summed E-state index contributed by atoms with van der Waals surface area (Å²) in [7, 11) is 0. The van der Waals surface area contributed by atoms with Gasteiger partial charge in [-0.1, -0.05) is 19.3 Å². The standard InChI is InChI=1S/C14H22N2OS/c1-9(12-7-5-4-6-8-12)15-14-13(11(3)17)10(2)16-18-14/h9,12,15H,4-8H2,1-3H3. The molecule has 1 aliphatic carbocycles. The maximum atomic E-state index is 11.6.